The van der Waals surface area contributed by atoms with E-state index < -0.39 is 6.83 Å². The molecule has 0 unspecified atom stereocenters. The molecular weight excluding hydrogens is 383 g/mol. The van der Waals surface area contributed by atoms with E-state index in [0.29, 0.717) is 5.92 Å². The van der Waals surface area contributed by atoms with Crippen molar-refractivity contribution in [1.29, 1.82) is 0 Å². The van der Waals surface area contributed by atoms with Crippen LogP contribution in [0.15, 0.2) is 121 Å². The zero-order valence-corrected chi connectivity index (χ0v) is 17.8. The summed E-state index contributed by atoms with van der Waals surface area (Å²) in [5, 5.41) is 4.00. The van der Waals surface area contributed by atoms with Gasteiger partial charge in [0.1, 0.15) is 0 Å². The first kappa shape index (κ1) is 18.1. The second kappa shape index (κ2) is 6.38. The average molecular weight is 408 g/mol. The monoisotopic (exact) mass is 408 g/mol. The van der Waals surface area contributed by atoms with Gasteiger partial charge in [-0.3, -0.25) is 0 Å². The minimum absolute atomic E-state index is 0.0169. The molecule has 6 rings (SSSR count). The van der Waals surface area contributed by atoms with Gasteiger partial charge >= 0.3 is 178 Å². The summed E-state index contributed by atoms with van der Waals surface area (Å²) < 4.78 is 7.34. The predicted molar refractivity (Wildman–Crippen MR) is 127 cm³/mol. The van der Waals surface area contributed by atoms with E-state index in [9.17, 15) is 0 Å². The molecule has 148 valence electrons. The van der Waals surface area contributed by atoms with Crippen LogP contribution in [-0.4, -0.2) is 6.61 Å². The van der Waals surface area contributed by atoms with Crippen molar-refractivity contribution in [3.05, 3.63) is 127 Å². The van der Waals surface area contributed by atoms with Gasteiger partial charge in [0, 0.05) is 0 Å². The van der Waals surface area contributed by atoms with Crippen molar-refractivity contribution in [3.63, 3.8) is 0 Å². The van der Waals surface area contributed by atoms with Gasteiger partial charge in [0.25, 0.3) is 0 Å². The molecule has 4 aromatic rings. The third-order valence-corrected chi connectivity index (χ3v) is 14.2. The first-order valence-corrected chi connectivity index (χ1v) is 12.9. The third-order valence-electron chi connectivity index (χ3n) is 7.39. The Hall–Kier alpha value is -2.73. The SMILES string of the molecule is c1ccc([C@@]23C[C@H]2COP3(c2ccccc2)(c2ccccc2)c2ccccc2)cc1. The topological polar surface area (TPSA) is 9.23 Å². The van der Waals surface area contributed by atoms with Gasteiger partial charge in [0.2, 0.25) is 0 Å². The van der Waals surface area contributed by atoms with Crippen molar-refractivity contribution >= 4 is 22.7 Å². The Bertz CT molecular complexity index is 1080. The Labute approximate surface area is 178 Å². The fraction of sp³-hybridized carbons (Fsp3) is 0.143. The van der Waals surface area contributed by atoms with Gasteiger partial charge in [0.15, 0.2) is 0 Å². The van der Waals surface area contributed by atoms with E-state index in [4.69, 9.17) is 4.52 Å². The van der Waals surface area contributed by atoms with Gasteiger partial charge in [-0.2, -0.15) is 0 Å². The summed E-state index contributed by atoms with van der Waals surface area (Å²) in [5.41, 5.74) is 1.42. The van der Waals surface area contributed by atoms with E-state index in [1.165, 1.54) is 27.9 Å². The molecule has 1 heterocycles. The molecule has 2 atom stereocenters. The molecule has 0 amide bonds. The van der Waals surface area contributed by atoms with Crippen molar-refractivity contribution in [1.82, 2.24) is 0 Å². The summed E-state index contributed by atoms with van der Waals surface area (Å²) in [6, 6.07) is 44.4. The maximum absolute atomic E-state index is 7.34. The van der Waals surface area contributed by atoms with Gasteiger partial charge < -0.3 is 0 Å². The van der Waals surface area contributed by atoms with Crippen molar-refractivity contribution in [2.45, 2.75) is 11.6 Å². The normalized spacial score (nSPS) is 26.8. The second-order valence-electron chi connectivity index (χ2n) is 8.53. The minimum atomic E-state index is -3.26. The number of rotatable bonds is 4. The maximum atomic E-state index is 7.34. The van der Waals surface area contributed by atoms with Crippen molar-refractivity contribution in [3.8, 4) is 0 Å². The number of fused-ring (bicyclic) bond motifs is 1. The molecule has 0 bridgehead atoms. The van der Waals surface area contributed by atoms with Gasteiger partial charge in [-0.15, -0.1) is 0 Å². The van der Waals surface area contributed by atoms with Crippen molar-refractivity contribution in [2.75, 3.05) is 6.61 Å². The van der Waals surface area contributed by atoms with E-state index in [-0.39, 0.29) is 5.16 Å². The summed E-state index contributed by atoms with van der Waals surface area (Å²) >= 11 is 0. The first-order chi connectivity index (χ1) is 14.8. The van der Waals surface area contributed by atoms with Crippen LogP contribution in [-0.2, 0) is 9.68 Å². The molecular formula is C28H25OP. The van der Waals surface area contributed by atoms with Crippen LogP contribution in [0, 0.1) is 5.92 Å². The Morgan fingerprint density at radius 1 is 0.567 bits per heavy atom. The fourth-order valence-electron chi connectivity index (χ4n) is 6.22. The Morgan fingerprint density at radius 3 is 1.37 bits per heavy atom. The predicted octanol–water partition coefficient (Wildman–Crippen LogP) is 5.38. The van der Waals surface area contributed by atoms with Gasteiger partial charge in [-0.1, -0.05) is 0 Å². The number of hydrogen-bond acceptors (Lipinski definition) is 1. The molecule has 30 heavy (non-hydrogen) atoms. The molecule has 1 saturated carbocycles. The van der Waals surface area contributed by atoms with Crippen LogP contribution in [0.3, 0.4) is 0 Å². The Morgan fingerprint density at radius 2 is 0.967 bits per heavy atom. The molecule has 2 heteroatoms. The van der Waals surface area contributed by atoms with Gasteiger partial charge in [-0.05, 0) is 0 Å². The molecule has 2 fully saturated rings. The molecule has 4 aromatic carbocycles. The molecule has 0 aromatic heterocycles. The zero-order chi connectivity index (χ0) is 20.1. The quantitative estimate of drug-likeness (QED) is 0.412. The standard InChI is InChI=1S/C28H25OP/c1-5-13-23(14-6-1)28-21-24(28)22-29-30(28,25-15-7-2-8-16-25,26-17-9-3-10-18-26)27-19-11-4-12-20-27/h1-20,24H,21-22H2/t24-,28-/m0/s1. The average Bonchev–Trinajstić information content (AvgIpc) is 3.52. The summed E-state index contributed by atoms with van der Waals surface area (Å²) in [7, 11) is 0. The summed E-state index contributed by atoms with van der Waals surface area (Å²) in [4.78, 5) is 0. The molecule has 0 radical (unpaired) electrons. The molecule has 0 spiro atoms. The van der Waals surface area contributed by atoms with Crippen molar-refractivity contribution in [2.24, 2.45) is 5.92 Å². The fourth-order valence-corrected chi connectivity index (χ4v) is 13.9. The van der Waals surface area contributed by atoms with Crippen LogP contribution in [0.25, 0.3) is 0 Å². The summed E-state index contributed by atoms with van der Waals surface area (Å²) in [6.45, 7) is -2.45. The van der Waals surface area contributed by atoms with E-state index in [1.807, 2.05) is 0 Å². The molecule has 0 N–H and O–H groups in total. The summed E-state index contributed by atoms with van der Waals surface area (Å²) in [6.07, 6.45) is 1.17. The van der Waals surface area contributed by atoms with Crippen molar-refractivity contribution < 1.29 is 4.52 Å². The Balaban J connectivity index is 1.84. The zero-order valence-electron chi connectivity index (χ0n) is 16.9. The molecule has 1 nitrogen and oxygen atoms in total. The van der Waals surface area contributed by atoms with Crippen LogP contribution in [0.4, 0.5) is 0 Å². The van der Waals surface area contributed by atoms with E-state index in [2.05, 4.69) is 121 Å². The summed E-state index contributed by atoms with van der Waals surface area (Å²) in [5.74, 6) is 0.540. The van der Waals surface area contributed by atoms with Crippen LogP contribution in [0.5, 0.6) is 0 Å². The molecule has 1 aliphatic heterocycles. The Kier molecular flexibility index (Phi) is 3.84. The third kappa shape index (κ3) is 1.95. The van der Waals surface area contributed by atoms with E-state index in [1.54, 1.807) is 0 Å². The van der Waals surface area contributed by atoms with Gasteiger partial charge in [-0.25, -0.2) is 0 Å². The van der Waals surface area contributed by atoms with E-state index >= 15 is 0 Å². The van der Waals surface area contributed by atoms with Crippen LogP contribution in [0.2, 0.25) is 0 Å². The molecule has 2 aliphatic rings. The van der Waals surface area contributed by atoms with Gasteiger partial charge in [0.05, 0.1) is 0 Å². The van der Waals surface area contributed by atoms with Crippen LogP contribution >= 0.6 is 6.83 Å². The second-order valence-corrected chi connectivity index (χ2v) is 13.2. The van der Waals surface area contributed by atoms with E-state index in [0.717, 1.165) is 6.61 Å². The van der Waals surface area contributed by atoms with Crippen LogP contribution < -0.4 is 15.9 Å². The first-order valence-electron chi connectivity index (χ1n) is 10.7. The van der Waals surface area contributed by atoms with Crippen LogP contribution in [0.1, 0.15) is 12.0 Å². The molecule has 1 saturated heterocycles. The molecule has 1 aliphatic carbocycles. The number of benzene rings is 4. The number of hydrogen-bond donors (Lipinski definition) is 0.